The summed E-state index contributed by atoms with van der Waals surface area (Å²) in [7, 11) is 1.59. The van der Waals surface area contributed by atoms with Crippen LogP contribution in [0, 0.1) is 0 Å². The fraction of sp³-hybridized carbons (Fsp3) is 0.118. The second kappa shape index (κ2) is 6.52. The van der Waals surface area contributed by atoms with E-state index in [1.54, 1.807) is 37.6 Å². The Morgan fingerprint density at radius 3 is 2.61 bits per heavy atom. The molecule has 0 aliphatic carbocycles. The van der Waals surface area contributed by atoms with E-state index in [0.717, 1.165) is 10.9 Å². The van der Waals surface area contributed by atoms with Crippen LogP contribution in [0.1, 0.15) is 5.56 Å². The number of furan rings is 1. The molecule has 2 aromatic carbocycles. The Hall–Kier alpha value is -2.17. The molecule has 0 saturated heterocycles. The van der Waals surface area contributed by atoms with E-state index in [9.17, 15) is 4.79 Å². The molecule has 3 rings (SSSR count). The standard InChI is InChI=1S/C17H13Cl2NO3/c1-22-14-2-3-15-10(9-23-16(15)8-14)4-17(21)20-13-6-11(18)5-12(19)7-13/h2-3,5-9H,4H2,1H3,(H,20,21). The smallest absolute Gasteiger partial charge is 0.228 e. The van der Waals surface area contributed by atoms with Crippen LogP contribution in [0.5, 0.6) is 5.75 Å². The maximum absolute atomic E-state index is 12.2. The van der Waals surface area contributed by atoms with Crippen molar-refractivity contribution in [2.75, 3.05) is 12.4 Å². The van der Waals surface area contributed by atoms with Gasteiger partial charge in [-0.05, 0) is 30.3 Å². The molecule has 0 atom stereocenters. The summed E-state index contributed by atoms with van der Waals surface area (Å²) in [6, 6.07) is 10.4. The Balaban J connectivity index is 1.77. The third-order valence-corrected chi connectivity index (χ3v) is 3.80. The molecule has 118 valence electrons. The fourth-order valence-corrected chi connectivity index (χ4v) is 2.86. The van der Waals surface area contributed by atoms with Crippen molar-refractivity contribution >= 4 is 45.8 Å². The number of halogens is 2. The lowest BCUT2D eigenvalue weighted by molar-refractivity contribution is -0.115. The summed E-state index contributed by atoms with van der Waals surface area (Å²) >= 11 is 11.8. The zero-order valence-electron chi connectivity index (χ0n) is 12.2. The van der Waals surface area contributed by atoms with Crippen LogP contribution in [-0.4, -0.2) is 13.0 Å². The molecule has 0 aliphatic heterocycles. The maximum Gasteiger partial charge on any atom is 0.228 e. The van der Waals surface area contributed by atoms with Gasteiger partial charge < -0.3 is 14.5 Å². The van der Waals surface area contributed by atoms with Gasteiger partial charge in [0.2, 0.25) is 5.91 Å². The Kier molecular flexibility index (Phi) is 4.46. The van der Waals surface area contributed by atoms with Crippen molar-refractivity contribution in [1.82, 2.24) is 0 Å². The molecule has 0 unspecified atom stereocenters. The molecule has 6 heteroatoms. The number of rotatable bonds is 4. The molecule has 0 saturated carbocycles. The first-order valence-electron chi connectivity index (χ1n) is 6.85. The summed E-state index contributed by atoms with van der Waals surface area (Å²) < 4.78 is 10.6. The second-order valence-corrected chi connectivity index (χ2v) is 5.88. The Morgan fingerprint density at radius 1 is 1.17 bits per heavy atom. The molecule has 4 nitrogen and oxygen atoms in total. The first-order chi connectivity index (χ1) is 11.0. The average Bonchev–Trinajstić information content (AvgIpc) is 2.88. The lowest BCUT2D eigenvalue weighted by atomic mass is 10.1. The number of carbonyl (C=O) groups excluding carboxylic acids is 1. The molecule has 0 spiro atoms. The van der Waals surface area contributed by atoms with Gasteiger partial charge in [0.1, 0.15) is 11.3 Å². The lowest BCUT2D eigenvalue weighted by Gasteiger charge is -2.06. The van der Waals surface area contributed by atoms with Gasteiger partial charge in [-0.1, -0.05) is 23.2 Å². The molecule has 3 aromatic rings. The van der Waals surface area contributed by atoms with E-state index in [1.165, 1.54) is 0 Å². The van der Waals surface area contributed by atoms with E-state index in [2.05, 4.69) is 5.32 Å². The fourth-order valence-electron chi connectivity index (χ4n) is 2.33. The number of methoxy groups -OCH3 is 1. The van der Waals surface area contributed by atoms with E-state index in [1.807, 2.05) is 12.1 Å². The van der Waals surface area contributed by atoms with Crippen molar-refractivity contribution < 1.29 is 13.9 Å². The molecule has 0 bridgehead atoms. The van der Waals surface area contributed by atoms with E-state index in [0.29, 0.717) is 27.1 Å². The third-order valence-electron chi connectivity index (χ3n) is 3.36. The number of hydrogen-bond acceptors (Lipinski definition) is 3. The molecular formula is C17H13Cl2NO3. The predicted octanol–water partition coefficient (Wildman–Crippen LogP) is 4.93. The summed E-state index contributed by atoms with van der Waals surface area (Å²) in [5.74, 6) is 0.526. The zero-order valence-corrected chi connectivity index (χ0v) is 13.7. The number of fused-ring (bicyclic) bond motifs is 1. The van der Waals surface area contributed by atoms with Gasteiger partial charge in [-0.2, -0.15) is 0 Å². The lowest BCUT2D eigenvalue weighted by Crippen LogP contribution is -2.14. The highest BCUT2D eigenvalue weighted by molar-refractivity contribution is 6.35. The highest BCUT2D eigenvalue weighted by Crippen LogP contribution is 2.27. The first-order valence-corrected chi connectivity index (χ1v) is 7.61. The van der Waals surface area contributed by atoms with Crippen molar-refractivity contribution in [3.63, 3.8) is 0 Å². The molecule has 0 fully saturated rings. The molecule has 1 heterocycles. The van der Waals surface area contributed by atoms with Crippen molar-refractivity contribution in [1.29, 1.82) is 0 Å². The van der Waals surface area contributed by atoms with Crippen molar-refractivity contribution in [3.05, 3.63) is 58.3 Å². The number of hydrogen-bond donors (Lipinski definition) is 1. The average molecular weight is 350 g/mol. The van der Waals surface area contributed by atoms with E-state index >= 15 is 0 Å². The first kappa shape index (κ1) is 15.7. The second-order valence-electron chi connectivity index (χ2n) is 5.01. The monoisotopic (exact) mass is 349 g/mol. The Bertz CT molecular complexity index is 853. The molecule has 23 heavy (non-hydrogen) atoms. The molecule has 1 N–H and O–H groups in total. The van der Waals surface area contributed by atoms with Gasteiger partial charge >= 0.3 is 0 Å². The minimum absolute atomic E-state index is 0.179. The number of nitrogens with one attached hydrogen (secondary N) is 1. The van der Waals surface area contributed by atoms with Crippen LogP contribution in [0.2, 0.25) is 10.0 Å². The third kappa shape index (κ3) is 3.60. The van der Waals surface area contributed by atoms with Gasteiger partial charge in [0.05, 0.1) is 19.8 Å². The maximum atomic E-state index is 12.2. The molecule has 1 amide bonds. The highest BCUT2D eigenvalue weighted by Gasteiger charge is 2.12. The van der Waals surface area contributed by atoms with Crippen molar-refractivity contribution in [2.45, 2.75) is 6.42 Å². The summed E-state index contributed by atoms with van der Waals surface area (Å²) in [6.45, 7) is 0. The van der Waals surface area contributed by atoms with Crippen LogP contribution in [0.15, 0.2) is 47.1 Å². The summed E-state index contributed by atoms with van der Waals surface area (Å²) in [5, 5.41) is 4.59. The van der Waals surface area contributed by atoms with Gasteiger partial charge in [-0.25, -0.2) is 0 Å². The summed E-state index contributed by atoms with van der Waals surface area (Å²) in [5.41, 5.74) is 2.04. The summed E-state index contributed by atoms with van der Waals surface area (Å²) in [4.78, 5) is 12.2. The van der Waals surface area contributed by atoms with Gasteiger partial charge in [0.15, 0.2) is 0 Å². The molecular weight excluding hydrogens is 337 g/mol. The Morgan fingerprint density at radius 2 is 1.91 bits per heavy atom. The molecule has 0 aliphatic rings. The topological polar surface area (TPSA) is 51.5 Å². The minimum Gasteiger partial charge on any atom is -0.497 e. The van der Waals surface area contributed by atoms with Gasteiger partial charge in [-0.15, -0.1) is 0 Å². The zero-order chi connectivity index (χ0) is 16.4. The van der Waals surface area contributed by atoms with Crippen LogP contribution in [0.3, 0.4) is 0 Å². The number of benzene rings is 2. The van der Waals surface area contributed by atoms with E-state index < -0.39 is 0 Å². The van der Waals surface area contributed by atoms with Crippen LogP contribution in [0.25, 0.3) is 11.0 Å². The minimum atomic E-state index is -0.179. The molecule has 0 radical (unpaired) electrons. The number of amides is 1. The molecule has 1 aromatic heterocycles. The normalized spacial score (nSPS) is 10.7. The van der Waals surface area contributed by atoms with Crippen LogP contribution >= 0.6 is 23.2 Å². The van der Waals surface area contributed by atoms with Crippen molar-refractivity contribution in [3.8, 4) is 5.75 Å². The van der Waals surface area contributed by atoms with Gasteiger partial charge in [0, 0.05) is 32.7 Å². The number of ether oxygens (including phenoxy) is 1. The van der Waals surface area contributed by atoms with Gasteiger partial charge in [-0.3, -0.25) is 4.79 Å². The van der Waals surface area contributed by atoms with Crippen LogP contribution < -0.4 is 10.1 Å². The van der Waals surface area contributed by atoms with Crippen molar-refractivity contribution in [2.24, 2.45) is 0 Å². The Labute approximate surface area is 142 Å². The number of carbonyl (C=O) groups is 1. The SMILES string of the molecule is COc1ccc2c(CC(=O)Nc3cc(Cl)cc(Cl)c3)coc2c1. The van der Waals surface area contributed by atoms with E-state index in [-0.39, 0.29) is 12.3 Å². The highest BCUT2D eigenvalue weighted by atomic mass is 35.5. The predicted molar refractivity (Wildman–Crippen MR) is 91.6 cm³/mol. The van der Waals surface area contributed by atoms with Gasteiger partial charge in [0.25, 0.3) is 0 Å². The largest absolute Gasteiger partial charge is 0.497 e. The van der Waals surface area contributed by atoms with Crippen LogP contribution in [0.4, 0.5) is 5.69 Å². The van der Waals surface area contributed by atoms with Crippen LogP contribution in [-0.2, 0) is 11.2 Å². The quantitative estimate of drug-likeness (QED) is 0.726. The van der Waals surface area contributed by atoms with E-state index in [4.69, 9.17) is 32.4 Å². The number of anilines is 1. The summed E-state index contributed by atoms with van der Waals surface area (Å²) in [6.07, 6.45) is 1.76.